The molecule has 0 radical (unpaired) electrons. The second kappa shape index (κ2) is 7.89. The zero-order chi connectivity index (χ0) is 19.3. The molecule has 2 heterocycles. The number of anilines is 1. The number of amides is 1. The van der Waals surface area contributed by atoms with Crippen LogP contribution in [0.4, 0.5) is 5.69 Å². The van der Waals surface area contributed by atoms with Gasteiger partial charge in [-0.1, -0.05) is 12.1 Å². The Morgan fingerprint density at radius 1 is 1.19 bits per heavy atom. The SMILES string of the molecule is C#CCCC1(CCC(=O)Nc2ccc(C3(C(=O)O)CCOCC3)cc2)N=N1. The number of carboxylic acids is 1. The first-order valence-electron chi connectivity index (χ1n) is 9.09. The van der Waals surface area contributed by atoms with Crippen LogP contribution in [-0.4, -0.2) is 35.9 Å². The number of carbonyl (C=O) groups is 2. The number of hydrogen-bond donors (Lipinski definition) is 2. The van der Waals surface area contributed by atoms with Crippen LogP contribution in [0.2, 0.25) is 0 Å². The van der Waals surface area contributed by atoms with Crippen molar-refractivity contribution in [3.8, 4) is 12.3 Å². The van der Waals surface area contributed by atoms with Gasteiger partial charge in [0.05, 0.1) is 5.41 Å². The van der Waals surface area contributed by atoms with E-state index in [1.54, 1.807) is 24.3 Å². The lowest BCUT2D eigenvalue weighted by atomic mass is 9.74. The van der Waals surface area contributed by atoms with Crippen molar-refractivity contribution in [3.05, 3.63) is 29.8 Å². The first-order valence-corrected chi connectivity index (χ1v) is 9.09. The van der Waals surface area contributed by atoms with Gasteiger partial charge in [-0.3, -0.25) is 9.59 Å². The van der Waals surface area contributed by atoms with Crippen molar-refractivity contribution < 1.29 is 19.4 Å². The minimum atomic E-state index is -0.917. The number of terminal acetylenes is 1. The van der Waals surface area contributed by atoms with Gasteiger partial charge in [-0.05, 0) is 30.5 Å². The Labute approximate surface area is 158 Å². The molecule has 27 heavy (non-hydrogen) atoms. The first kappa shape index (κ1) is 19.1. The van der Waals surface area contributed by atoms with Gasteiger partial charge in [-0.25, -0.2) is 0 Å². The first-order chi connectivity index (χ1) is 13.0. The summed E-state index contributed by atoms with van der Waals surface area (Å²) in [5.74, 6) is 1.60. The number of benzene rings is 1. The van der Waals surface area contributed by atoms with Crippen molar-refractivity contribution in [1.29, 1.82) is 0 Å². The minimum Gasteiger partial charge on any atom is -0.481 e. The lowest BCUT2D eigenvalue weighted by Crippen LogP contribution is -2.41. The van der Waals surface area contributed by atoms with Gasteiger partial charge in [-0.15, -0.1) is 12.3 Å². The molecular weight excluding hydrogens is 346 g/mol. The standard InChI is InChI=1S/C20H23N3O4/c1-2-3-9-20(22-23-20)10-8-17(24)21-16-6-4-15(5-7-16)19(18(25)26)11-13-27-14-12-19/h1,4-7H,3,8-14H2,(H,21,24)(H,25,26). The second-order valence-corrected chi connectivity index (χ2v) is 7.01. The number of nitrogens with zero attached hydrogens (tertiary/aromatic N) is 2. The van der Waals surface area contributed by atoms with Crippen LogP contribution in [0.25, 0.3) is 0 Å². The Kier molecular flexibility index (Phi) is 5.57. The number of carbonyl (C=O) groups excluding carboxylic acids is 1. The summed E-state index contributed by atoms with van der Waals surface area (Å²) in [6.07, 6.45) is 8.26. The highest BCUT2D eigenvalue weighted by molar-refractivity contribution is 5.91. The van der Waals surface area contributed by atoms with Gasteiger partial charge < -0.3 is 15.2 Å². The number of hydrogen-bond acceptors (Lipinski definition) is 5. The molecule has 0 saturated carbocycles. The van der Waals surface area contributed by atoms with Gasteiger partial charge >= 0.3 is 5.97 Å². The summed E-state index contributed by atoms with van der Waals surface area (Å²) >= 11 is 0. The largest absolute Gasteiger partial charge is 0.481 e. The number of carboxylic acid groups (broad SMARTS) is 1. The lowest BCUT2D eigenvalue weighted by molar-refractivity contribution is -0.147. The molecule has 1 aromatic carbocycles. The van der Waals surface area contributed by atoms with Gasteiger partial charge in [0.25, 0.3) is 0 Å². The Morgan fingerprint density at radius 3 is 2.41 bits per heavy atom. The topological polar surface area (TPSA) is 100 Å². The molecule has 142 valence electrons. The molecule has 0 aromatic heterocycles. The molecule has 2 aliphatic rings. The van der Waals surface area contributed by atoms with Crippen molar-refractivity contribution >= 4 is 17.6 Å². The third-order valence-corrected chi connectivity index (χ3v) is 5.28. The van der Waals surface area contributed by atoms with E-state index in [1.165, 1.54) is 0 Å². The fraction of sp³-hybridized carbons (Fsp3) is 0.500. The average molecular weight is 369 g/mol. The summed E-state index contributed by atoms with van der Waals surface area (Å²) in [6, 6.07) is 7.03. The molecule has 1 saturated heterocycles. The van der Waals surface area contributed by atoms with Crippen molar-refractivity contribution in [2.75, 3.05) is 18.5 Å². The summed E-state index contributed by atoms with van der Waals surface area (Å²) in [4.78, 5) is 24.0. The molecule has 0 bridgehead atoms. The number of aliphatic carboxylic acids is 1. The molecule has 1 aromatic rings. The third kappa shape index (κ3) is 4.34. The van der Waals surface area contributed by atoms with Gasteiger partial charge in [0, 0.05) is 44.6 Å². The fourth-order valence-electron chi connectivity index (χ4n) is 3.42. The zero-order valence-electron chi connectivity index (χ0n) is 15.1. The van der Waals surface area contributed by atoms with Crippen LogP contribution in [0.3, 0.4) is 0 Å². The highest BCUT2D eigenvalue weighted by atomic mass is 16.5. The summed E-state index contributed by atoms with van der Waals surface area (Å²) in [5.41, 5.74) is -0.0113. The van der Waals surface area contributed by atoms with Gasteiger partial charge in [0.1, 0.15) is 0 Å². The molecule has 3 rings (SSSR count). The van der Waals surface area contributed by atoms with Crippen LogP contribution >= 0.6 is 0 Å². The Hall–Kier alpha value is -2.72. The molecule has 0 unspecified atom stereocenters. The van der Waals surface area contributed by atoms with E-state index < -0.39 is 17.0 Å². The van der Waals surface area contributed by atoms with Crippen molar-refractivity contribution in [3.63, 3.8) is 0 Å². The highest BCUT2D eigenvalue weighted by Crippen LogP contribution is 2.38. The van der Waals surface area contributed by atoms with Crippen LogP contribution in [0.5, 0.6) is 0 Å². The van der Waals surface area contributed by atoms with E-state index in [2.05, 4.69) is 21.5 Å². The monoisotopic (exact) mass is 369 g/mol. The molecule has 1 amide bonds. The Bertz CT molecular complexity index is 767. The van der Waals surface area contributed by atoms with Gasteiger partial charge in [-0.2, -0.15) is 10.2 Å². The van der Waals surface area contributed by atoms with Crippen LogP contribution in [0, 0.1) is 12.3 Å². The van der Waals surface area contributed by atoms with E-state index in [0.717, 1.165) is 5.56 Å². The second-order valence-electron chi connectivity index (χ2n) is 7.01. The lowest BCUT2D eigenvalue weighted by Gasteiger charge is -2.33. The molecule has 0 spiro atoms. The predicted molar refractivity (Wildman–Crippen MR) is 99.3 cm³/mol. The van der Waals surface area contributed by atoms with Crippen LogP contribution < -0.4 is 5.32 Å². The van der Waals surface area contributed by atoms with Gasteiger partial charge in [0.15, 0.2) is 5.66 Å². The molecule has 7 heteroatoms. The third-order valence-electron chi connectivity index (χ3n) is 5.28. The highest BCUT2D eigenvalue weighted by Gasteiger charge is 2.42. The van der Waals surface area contributed by atoms with E-state index in [9.17, 15) is 14.7 Å². The van der Waals surface area contributed by atoms with E-state index in [-0.39, 0.29) is 5.91 Å². The average Bonchev–Trinajstić information content (AvgIpc) is 3.46. The maximum absolute atomic E-state index is 12.2. The molecule has 7 nitrogen and oxygen atoms in total. The molecular formula is C20H23N3O4. The van der Waals surface area contributed by atoms with Crippen LogP contribution in [-0.2, 0) is 19.7 Å². The maximum atomic E-state index is 12.2. The van der Waals surface area contributed by atoms with E-state index >= 15 is 0 Å². The predicted octanol–water partition coefficient (Wildman–Crippen LogP) is 3.11. The summed E-state index contributed by atoms with van der Waals surface area (Å²) in [6.45, 7) is 0.866. The van der Waals surface area contributed by atoms with Crippen molar-refractivity contribution in [1.82, 2.24) is 0 Å². The fourth-order valence-corrected chi connectivity index (χ4v) is 3.42. The van der Waals surface area contributed by atoms with E-state index in [4.69, 9.17) is 11.2 Å². The number of rotatable bonds is 8. The van der Waals surface area contributed by atoms with Crippen molar-refractivity contribution in [2.24, 2.45) is 10.2 Å². The maximum Gasteiger partial charge on any atom is 0.314 e. The Morgan fingerprint density at radius 2 is 1.85 bits per heavy atom. The van der Waals surface area contributed by atoms with E-state index in [0.29, 0.717) is 57.4 Å². The molecule has 0 aliphatic carbocycles. The van der Waals surface area contributed by atoms with Crippen molar-refractivity contribution in [2.45, 2.75) is 49.6 Å². The quantitative estimate of drug-likeness (QED) is 0.688. The molecule has 0 atom stereocenters. The normalized spacial score (nSPS) is 19.1. The number of ether oxygens (including phenoxy) is 1. The molecule has 1 fully saturated rings. The van der Waals surface area contributed by atoms with Gasteiger partial charge in [0.2, 0.25) is 5.91 Å². The Balaban J connectivity index is 1.56. The van der Waals surface area contributed by atoms with E-state index in [1.807, 2.05) is 0 Å². The summed E-state index contributed by atoms with van der Waals surface area (Å²) < 4.78 is 5.31. The summed E-state index contributed by atoms with van der Waals surface area (Å²) in [7, 11) is 0. The number of nitrogens with one attached hydrogen (secondary N) is 1. The summed E-state index contributed by atoms with van der Waals surface area (Å²) in [5, 5.41) is 20.6. The minimum absolute atomic E-state index is 0.126. The molecule has 2 aliphatic heterocycles. The van der Waals surface area contributed by atoms with Crippen LogP contribution in [0.15, 0.2) is 34.5 Å². The smallest absolute Gasteiger partial charge is 0.314 e. The molecule has 2 N–H and O–H groups in total. The van der Waals surface area contributed by atoms with Crippen LogP contribution in [0.1, 0.15) is 44.1 Å². The zero-order valence-corrected chi connectivity index (χ0v) is 15.1.